The molecule has 1 aliphatic heterocycles. The van der Waals surface area contributed by atoms with Crippen molar-refractivity contribution in [1.29, 1.82) is 0 Å². The largest absolute Gasteiger partial charge is 0.344 e. The predicted octanol–water partition coefficient (Wildman–Crippen LogP) is 0.865. The van der Waals surface area contributed by atoms with E-state index in [-0.39, 0.29) is 0 Å². The van der Waals surface area contributed by atoms with E-state index in [0.717, 1.165) is 31.9 Å². The summed E-state index contributed by atoms with van der Waals surface area (Å²) in [5, 5.41) is 3.54. The highest BCUT2D eigenvalue weighted by Gasteiger charge is 2.23. The van der Waals surface area contributed by atoms with E-state index < -0.39 is 0 Å². The van der Waals surface area contributed by atoms with Gasteiger partial charge >= 0.3 is 0 Å². The molecule has 1 aliphatic carbocycles. The van der Waals surface area contributed by atoms with Gasteiger partial charge in [-0.15, -0.1) is 0 Å². The van der Waals surface area contributed by atoms with Crippen LogP contribution in [0, 0.1) is 0 Å². The Hall–Kier alpha value is -0.870. The molecule has 1 fully saturated rings. The van der Waals surface area contributed by atoms with Gasteiger partial charge in [-0.05, 0) is 32.7 Å². The number of piperazine rings is 1. The zero-order chi connectivity index (χ0) is 11.0. The monoisotopic (exact) mass is 220 g/mol. The van der Waals surface area contributed by atoms with Gasteiger partial charge in [0, 0.05) is 25.3 Å². The minimum absolute atomic E-state index is 0.393. The summed E-state index contributed by atoms with van der Waals surface area (Å²) >= 11 is 0. The highest BCUT2D eigenvalue weighted by atomic mass is 15.2. The van der Waals surface area contributed by atoms with Crippen molar-refractivity contribution in [3.8, 4) is 0 Å². The first-order chi connectivity index (χ1) is 7.83. The van der Waals surface area contributed by atoms with Crippen LogP contribution in [-0.4, -0.2) is 41.5 Å². The van der Waals surface area contributed by atoms with E-state index >= 15 is 0 Å². The molecule has 4 heteroatoms. The first kappa shape index (κ1) is 10.3. The number of aryl methyl sites for hydroxylation is 2. The third kappa shape index (κ3) is 1.87. The maximum atomic E-state index is 4.76. The number of hydrogen-bond donors (Lipinski definition) is 2. The van der Waals surface area contributed by atoms with Crippen LogP contribution in [0.2, 0.25) is 0 Å². The van der Waals surface area contributed by atoms with Gasteiger partial charge in [-0.3, -0.25) is 0 Å². The van der Waals surface area contributed by atoms with Crippen LogP contribution >= 0.6 is 0 Å². The minimum Gasteiger partial charge on any atom is -0.344 e. The Morgan fingerprint density at radius 2 is 2.19 bits per heavy atom. The van der Waals surface area contributed by atoms with Crippen molar-refractivity contribution < 1.29 is 0 Å². The van der Waals surface area contributed by atoms with Crippen LogP contribution in [0.5, 0.6) is 0 Å². The van der Waals surface area contributed by atoms with Crippen molar-refractivity contribution in [2.45, 2.75) is 31.7 Å². The third-order valence-electron chi connectivity index (χ3n) is 3.68. The van der Waals surface area contributed by atoms with Crippen LogP contribution in [0.4, 0.5) is 0 Å². The molecule has 0 radical (unpaired) electrons. The van der Waals surface area contributed by atoms with E-state index in [2.05, 4.69) is 22.2 Å². The number of nitrogens with zero attached hydrogens (tertiary/aromatic N) is 2. The number of nitrogens with one attached hydrogen (secondary N) is 2. The van der Waals surface area contributed by atoms with Crippen LogP contribution in [-0.2, 0) is 12.8 Å². The number of rotatable bonds is 1. The molecule has 0 bridgehead atoms. The maximum absolute atomic E-state index is 4.76. The van der Waals surface area contributed by atoms with E-state index in [1.165, 1.54) is 30.7 Å². The van der Waals surface area contributed by atoms with Crippen LogP contribution in [0.1, 0.15) is 36.1 Å². The number of aromatic nitrogens is 2. The summed E-state index contributed by atoms with van der Waals surface area (Å²) in [7, 11) is 2.18. The van der Waals surface area contributed by atoms with Gasteiger partial charge in [-0.1, -0.05) is 0 Å². The van der Waals surface area contributed by atoms with Crippen molar-refractivity contribution >= 4 is 0 Å². The van der Waals surface area contributed by atoms with E-state index in [4.69, 9.17) is 4.98 Å². The van der Waals surface area contributed by atoms with Crippen LogP contribution in [0.25, 0.3) is 0 Å². The second kappa shape index (κ2) is 4.18. The topological polar surface area (TPSA) is 44.0 Å². The average molecular weight is 220 g/mol. The minimum atomic E-state index is 0.393. The first-order valence-electron chi connectivity index (χ1n) is 6.32. The molecule has 1 saturated heterocycles. The van der Waals surface area contributed by atoms with Crippen molar-refractivity contribution in [2.75, 3.05) is 26.7 Å². The van der Waals surface area contributed by atoms with Gasteiger partial charge in [0.25, 0.3) is 0 Å². The Kier molecular flexibility index (Phi) is 2.69. The van der Waals surface area contributed by atoms with Crippen LogP contribution < -0.4 is 5.32 Å². The predicted molar refractivity (Wildman–Crippen MR) is 63.5 cm³/mol. The molecule has 2 N–H and O–H groups in total. The molecule has 0 saturated carbocycles. The number of hydrogen-bond acceptors (Lipinski definition) is 3. The molecule has 2 aliphatic rings. The molecule has 88 valence electrons. The summed E-state index contributed by atoms with van der Waals surface area (Å²) in [6, 6.07) is 0.393. The lowest BCUT2D eigenvalue weighted by molar-refractivity contribution is 0.236. The molecule has 0 aromatic carbocycles. The second-order valence-electron chi connectivity index (χ2n) is 5.02. The van der Waals surface area contributed by atoms with E-state index in [1.807, 2.05) is 0 Å². The normalized spacial score (nSPS) is 26.7. The van der Waals surface area contributed by atoms with E-state index in [1.54, 1.807) is 0 Å². The van der Waals surface area contributed by atoms with Crippen LogP contribution in [0.3, 0.4) is 0 Å². The van der Waals surface area contributed by atoms with Gasteiger partial charge in [0.05, 0.1) is 11.7 Å². The summed E-state index contributed by atoms with van der Waals surface area (Å²) in [5.41, 5.74) is 2.70. The molecule has 0 spiro atoms. The molecule has 16 heavy (non-hydrogen) atoms. The Morgan fingerprint density at radius 1 is 1.31 bits per heavy atom. The summed E-state index contributed by atoms with van der Waals surface area (Å²) in [6.45, 7) is 3.26. The van der Waals surface area contributed by atoms with E-state index in [0.29, 0.717) is 6.04 Å². The third-order valence-corrected chi connectivity index (χ3v) is 3.68. The smallest absolute Gasteiger partial charge is 0.125 e. The van der Waals surface area contributed by atoms with Gasteiger partial charge in [0.2, 0.25) is 0 Å². The van der Waals surface area contributed by atoms with Gasteiger partial charge in [0.15, 0.2) is 0 Å². The molecule has 3 rings (SSSR count). The zero-order valence-electron chi connectivity index (χ0n) is 9.92. The molecule has 1 unspecified atom stereocenters. The summed E-state index contributed by atoms with van der Waals surface area (Å²) in [5.74, 6) is 1.15. The lowest BCUT2D eigenvalue weighted by Gasteiger charge is -2.29. The van der Waals surface area contributed by atoms with Crippen LogP contribution in [0.15, 0.2) is 0 Å². The molecular formula is C12H20N4. The van der Waals surface area contributed by atoms with Gasteiger partial charge in [0.1, 0.15) is 5.82 Å². The van der Waals surface area contributed by atoms with Gasteiger partial charge in [-0.2, -0.15) is 0 Å². The zero-order valence-corrected chi connectivity index (χ0v) is 9.92. The summed E-state index contributed by atoms with van der Waals surface area (Å²) < 4.78 is 0. The fourth-order valence-corrected chi connectivity index (χ4v) is 2.72. The number of H-pyrrole nitrogens is 1. The molecule has 1 atom stereocenters. The van der Waals surface area contributed by atoms with Crippen molar-refractivity contribution in [3.05, 3.63) is 17.2 Å². The fourth-order valence-electron chi connectivity index (χ4n) is 2.72. The molecule has 4 nitrogen and oxygen atoms in total. The maximum Gasteiger partial charge on any atom is 0.125 e. The molecule has 1 aromatic rings. The lowest BCUT2D eigenvalue weighted by Crippen LogP contribution is -2.44. The average Bonchev–Trinajstić information content (AvgIpc) is 2.72. The standard InChI is InChI=1S/C12H20N4/c1-16-7-6-13-11(8-16)12-14-9-4-2-3-5-10(9)15-12/h11,13H,2-8H2,1H3,(H,14,15). The quantitative estimate of drug-likeness (QED) is 0.738. The highest BCUT2D eigenvalue weighted by molar-refractivity contribution is 5.19. The first-order valence-corrected chi connectivity index (χ1v) is 6.32. The molecule has 2 heterocycles. The molecule has 1 aromatic heterocycles. The number of fused-ring (bicyclic) bond motifs is 1. The van der Waals surface area contributed by atoms with Crippen molar-refractivity contribution in [1.82, 2.24) is 20.2 Å². The Balaban J connectivity index is 1.80. The van der Waals surface area contributed by atoms with Crippen molar-refractivity contribution in [3.63, 3.8) is 0 Å². The summed E-state index contributed by atoms with van der Waals surface area (Å²) in [4.78, 5) is 10.7. The van der Waals surface area contributed by atoms with Gasteiger partial charge < -0.3 is 15.2 Å². The molecule has 0 amide bonds. The fraction of sp³-hybridized carbons (Fsp3) is 0.750. The number of likely N-dealkylation sites (N-methyl/N-ethyl adjacent to an activating group) is 1. The highest BCUT2D eigenvalue weighted by Crippen LogP contribution is 2.22. The van der Waals surface area contributed by atoms with Crippen molar-refractivity contribution in [2.24, 2.45) is 0 Å². The molecular weight excluding hydrogens is 200 g/mol. The lowest BCUT2D eigenvalue weighted by atomic mass is 10.0. The second-order valence-corrected chi connectivity index (χ2v) is 5.02. The van der Waals surface area contributed by atoms with E-state index in [9.17, 15) is 0 Å². The Morgan fingerprint density at radius 3 is 3.00 bits per heavy atom. The Bertz CT molecular complexity index is 348. The number of imidazole rings is 1. The Labute approximate surface area is 96.4 Å². The SMILES string of the molecule is CN1CCNC(c2nc3c([nH]2)CCCC3)C1. The number of aromatic amines is 1. The summed E-state index contributed by atoms with van der Waals surface area (Å²) in [6.07, 6.45) is 4.96. The van der Waals surface area contributed by atoms with Gasteiger partial charge in [-0.25, -0.2) is 4.98 Å².